The normalized spacial score (nSPS) is 20.7. The second-order valence-corrected chi connectivity index (χ2v) is 3.73. The fourth-order valence-corrected chi connectivity index (χ4v) is 1.99. The third-order valence-corrected chi connectivity index (χ3v) is 2.84. The zero-order valence-electron chi connectivity index (χ0n) is 8.89. The van der Waals surface area contributed by atoms with Gasteiger partial charge in [-0.3, -0.25) is 0 Å². The van der Waals surface area contributed by atoms with Gasteiger partial charge in [0.15, 0.2) is 0 Å². The smallest absolute Gasteiger partial charge is 0.137 e. The van der Waals surface area contributed by atoms with Gasteiger partial charge in [-0.25, -0.2) is 4.98 Å². The zero-order chi connectivity index (χ0) is 10.7. The molecule has 2 heterocycles. The summed E-state index contributed by atoms with van der Waals surface area (Å²) in [6.45, 7) is 1.18. The molecule has 0 aromatic carbocycles. The molecule has 82 valence electrons. The van der Waals surface area contributed by atoms with Crippen molar-refractivity contribution in [3.05, 3.63) is 18.3 Å². The molecule has 2 rings (SSSR count). The van der Waals surface area contributed by atoms with Gasteiger partial charge in [0.25, 0.3) is 0 Å². The lowest BCUT2D eigenvalue weighted by molar-refractivity contribution is 0.266. The number of anilines is 1. The van der Waals surface area contributed by atoms with Gasteiger partial charge < -0.3 is 14.7 Å². The molecule has 1 atom stereocenters. The first kappa shape index (κ1) is 10.2. The van der Waals surface area contributed by atoms with Gasteiger partial charge in [-0.1, -0.05) is 0 Å². The average Bonchev–Trinajstić information content (AvgIpc) is 2.77. The molecule has 4 nitrogen and oxygen atoms in total. The molecule has 1 aromatic heterocycles. The van der Waals surface area contributed by atoms with Crippen molar-refractivity contribution >= 4 is 5.82 Å². The van der Waals surface area contributed by atoms with Crippen molar-refractivity contribution in [2.24, 2.45) is 0 Å². The lowest BCUT2D eigenvalue weighted by atomic mass is 10.2. The van der Waals surface area contributed by atoms with E-state index in [1.54, 1.807) is 13.3 Å². The molecular formula is C11H16N2O2. The SMILES string of the molecule is COc1ccc(N2CCC[C@H]2CO)nc1. The second-order valence-electron chi connectivity index (χ2n) is 3.73. The molecule has 0 aliphatic carbocycles. The molecule has 4 heteroatoms. The number of ether oxygens (including phenoxy) is 1. The van der Waals surface area contributed by atoms with Crippen LogP contribution in [0.4, 0.5) is 5.82 Å². The summed E-state index contributed by atoms with van der Waals surface area (Å²) in [6.07, 6.45) is 3.88. The topological polar surface area (TPSA) is 45.6 Å². The Hall–Kier alpha value is -1.29. The maximum Gasteiger partial charge on any atom is 0.137 e. The van der Waals surface area contributed by atoms with Crippen LogP contribution in [0.1, 0.15) is 12.8 Å². The molecule has 0 unspecified atom stereocenters. The maximum atomic E-state index is 9.20. The molecule has 1 aromatic rings. The number of nitrogens with zero attached hydrogens (tertiary/aromatic N) is 2. The lowest BCUT2D eigenvalue weighted by Gasteiger charge is -2.23. The molecule has 0 saturated carbocycles. The Balaban J connectivity index is 2.14. The van der Waals surface area contributed by atoms with E-state index >= 15 is 0 Å². The summed E-state index contributed by atoms with van der Waals surface area (Å²) in [5.74, 6) is 1.69. The molecule has 1 saturated heterocycles. The first-order valence-corrected chi connectivity index (χ1v) is 5.22. The number of pyridine rings is 1. The minimum Gasteiger partial charge on any atom is -0.495 e. The predicted octanol–water partition coefficient (Wildman–Crippen LogP) is 1.05. The summed E-state index contributed by atoms with van der Waals surface area (Å²) < 4.78 is 5.05. The highest BCUT2D eigenvalue weighted by Gasteiger charge is 2.24. The van der Waals surface area contributed by atoms with Gasteiger partial charge in [-0.2, -0.15) is 0 Å². The van der Waals surface area contributed by atoms with Crippen LogP contribution in [0.5, 0.6) is 5.75 Å². The van der Waals surface area contributed by atoms with E-state index in [0.29, 0.717) is 0 Å². The number of aromatic nitrogens is 1. The van der Waals surface area contributed by atoms with E-state index in [2.05, 4.69) is 9.88 Å². The molecule has 0 radical (unpaired) electrons. The van der Waals surface area contributed by atoms with Crippen LogP contribution >= 0.6 is 0 Å². The molecule has 0 bridgehead atoms. The summed E-state index contributed by atoms with van der Waals surface area (Å²) in [6, 6.07) is 4.06. The predicted molar refractivity (Wildman–Crippen MR) is 58.2 cm³/mol. The Morgan fingerprint density at radius 3 is 3.07 bits per heavy atom. The van der Waals surface area contributed by atoms with Crippen LogP contribution in [-0.4, -0.2) is 36.4 Å². The number of rotatable bonds is 3. The summed E-state index contributed by atoms with van der Waals surface area (Å²) in [5.41, 5.74) is 0. The molecule has 1 fully saturated rings. The van der Waals surface area contributed by atoms with E-state index in [-0.39, 0.29) is 12.6 Å². The Bertz CT molecular complexity index is 313. The van der Waals surface area contributed by atoms with Gasteiger partial charge in [-0.05, 0) is 25.0 Å². The molecule has 1 N–H and O–H groups in total. The van der Waals surface area contributed by atoms with Gasteiger partial charge >= 0.3 is 0 Å². The van der Waals surface area contributed by atoms with E-state index in [9.17, 15) is 5.11 Å². The van der Waals surface area contributed by atoms with E-state index in [0.717, 1.165) is 31.0 Å². The third-order valence-electron chi connectivity index (χ3n) is 2.84. The van der Waals surface area contributed by atoms with E-state index in [4.69, 9.17) is 4.74 Å². The highest BCUT2D eigenvalue weighted by Crippen LogP contribution is 2.24. The van der Waals surface area contributed by atoms with Crippen LogP contribution in [-0.2, 0) is 0 Å². The quantitative estimate of drug-likeness (QED) is 0.806. The summed E-state index contributed by atoms with van der Waals surface area (Å²) in [4.78, 5) is 6.47. The second kappa shape index (κ2) is 4.49. The standard InChI is InChI=1S/C11H16N2O2/c1-15-10-4-5-11(12-7-10)13-6-2-3-9(13)8-14/h4-5,7,9,14H,2-3,6,8H2,1H3/t9-/m0/s1. The van der Waals surface area contributed by atoms with Gasteiger partial charge in [0.2, 0.25) is 0 Å². The fourth-order valence-electron chi connectivity index (χ4n) is 1.99. The number of aliphatic hydroxyl groups excluding tert-OH is 1. The van der Waals surface area contributed by atoms with E-state index in [1.165, 1.54) is 0 Å². The van der Waals surface area contributed by atoms with Crippen molar-refractivity contribution in [3.63, 3.8) is 0 Å². The highest BCUT2D eigenvalue weighted by atomic mass is 16.5. The fraction of sp³-hybridized carbons (Fsp3) is 0.545. The van der Waals surface area contributed by atoms with Crippen LogP contribution in [0.25, 0.3) is 0 Å². The molecule has 1 aliphatic rings. The highest BCUT2D eigenvalue weighted by molar-refractivity contribution is 5.43. The number of aliphatic hydroxyl groups is 1. The molecular weight excluding hydrogens is 192 g/mol. The molecule has 0 spiro atoms. The summed E-state index contributed by atoms with van der Waals surface area (Å²) >= 11 is 0. The largest absolute Gasteiger partial charge is 0.495 e. The maximum absolute atomic E-state index is 9.20. The summed E-state index contributed by atoms with van der Waals surface area (Å²) in [5, 5.41) is 9.20. The third kappa shape index (κ3) is 2.04. The van der Waals surface area contributed by atoms with Crippen LogP contribution in [0, 0.1) is 0 Å². The van der Waals surface area contributed by atoms with Crippen molar-refractivity contribution in [2.45, 2.75) is 18.9 Å². The van der Waals surface area contributed by atoms with Crippen molar-refractivity contribution in [2.75, 3.05) is 25.2 Å². The Morgan fingerprint density at radius 2 is 2.47 bits per heavy atom. The van der Waals surface area contributed by atoms with Crippen LogP contribution in [0.2, 0.25) is 0 Å². The number of methoxy groups -OCH3 is 1. The van der Waals surface area contributed by atoms with Gasteiger partial charge in [0, 0.05) is 6.54 Å². The zero-order valence-corrected chi connectivity index (χ0v) is 8.89. The van der Waals surface area contributed by atoms with Crippen LogP contribution in [0.3, 0.4) is 0 Å². The average molecular weight is 208 g/mol. The van der Waals surface area contributed by atoms with E-state index in [1.807, 2.05) is 12.1 Å². The Morgan fingerprint density at radius 1 is 1.60 bits per heavy atom. The van der Waals surface area contributed by atoms with Crippen molar-refractivity contribution in [3.8, 4) is 5.75 Å². The van der Waals surface area contributed by atoms with Crippen LogP contribution in [0.15, 0.2) is 18.3 Å². The van der Waals surface area contributed by atoms with Crippen molar-refractivity contribution in [1.29, 1.82) is 0 Å². The number of hydrogen-bond donors (Lipinski definition) is 1. The molecule has 0 amide bonds. The molecule has 15 heavy (non-hydrogen) atoms. The van der Waals surface area contributed by atoms with Crippen LogP contribution < -0.4 is 9.64 Å². The van der Waals surface area contributed by atoms with Crippen molar-refractivity contribution < 1.29 is 9.84 Å². The Labute approximate surface area is 89.5 Å². The minimum absolute atomic E-state index is 0.202. The first-order valence-electron chi connectivity index (χ1n) is 5.22. The summed E-state index contributed by atoms with van der Waals surface area (Å²) in [7, 11) is 1.63. The minimum atomic E-state index is 0.202. The monoisotopic (exact) mass is 208 g/mol. The van der Waals surface area contributed by atoms with Crippen molar-refractivity contribution in [1.82, 2.24) is 4.98 Å². The Kier molecular flexibility index (Phi) is 3.06. The molecule has 1 aliphatic heterocycles. The van der Waals surface area contributed by atoms with Gasteiger partial charge in [-0.15, -0.1) is 0 Å². The van der Waals surface area contributed by atoms with Gasteiger partial charge in [0.05, 0.1) is 26.0 Å². The lowest BCUT2D eigenvalue weighted by Crippen LogP contribution is -2.32. The first-order chi connectivity index (χ1) is 7.35. The number of hydrogen-bond acceptors (Lipinski definition) is 4. The van der Waals surface area contributed by atoms with E-state index < -0.39 is 0 Å². The van der Waals surface area contributed by atoms with Gasteiger partial charge in [0.1, 0.15) is 11.6 Å².